The highest BCUT2D eigenvalue weighted by molar-refractivity contribution is 5.83. The minimum atomic E-state index is 0.602. The molecule has 1 aliphatic carbocycles. The van der Waals surface area contributed by atoms with Gasteiger partial charge in [0.05, 0.1) is 11.0 Å². The van der Waals surface area contributed by atoms with Gasteiger partial charge in [-0.05, 0) is 38.1 Å². The lowest BCUT2D eigenvalue weighted by Crippen LogP contribution is -2.44. The molecule has 0 amide bonds. The smallest absolute Gasteiger partial charge is 0.203 e. The molecular formula is C18H27N5. The van der Waals surface area contributed by atoms with Gasteiger partial charge in [0.25, 0.3) is 0 Å². The highest BCUT2D eigenvalue weighted by Crippen LogP contribution is 2.36. The van der Waals surface area contributed by atoms with Gasteiger partial charge in [-0.15, -0.1) is 0 Å². The van der Waals surface area contributed by atoms with Gasteiger partial charge in [0.1, 0.15) is 0 Å². The van der Waals surface area contributed by atoms with Crippen LogP contribution in [0, 0.1) is 0 Å². The van der Waals surface area contributed by atoms with Gasteiger partial charge in [-0.25, -0.2) is 4.98 Å². The van der Waals surface area contributed by atoms with Crippen molar-refractivity contribution in [2.45, 2.75) is 31.7 Å². The van der Waals surface area contributed by atoms with Crippen molar-refractivity contribution in [2.75, 3.05) is 50.5 Å². The van der Waals surface area contributed by atoms with E-state index in [1.54, 1.807) is 0 Å². The number of fused-ring (bicyclic) bond motifs is 1. The van der Waals surface area contributed by atoms with Crippen molar-refractivity contribution in [2.24, 2.45) is 0 Å². The zero-order valence-corrected chi connectivity index (χ0v) is 14.3. The Morgan fingerprint density at radius 3 is 2.52 bits per heavy atom. The quantitative estimate of drug-likeness (QED) is 0.945. The average Bonchev–Trinajstić information content (AvgIpc) is 3.21. The van der Waals surface area contributed by atoms with E-state index in [4.69, 9.17) is 4.98 Å². The van der Waals surface area contributed by atoms with Crippen molar-refractivity contribution in [3.63, 3.8) is 0 Å². The van der Waals surface area contributed by atoms with Crippen LogP contribution in [0.25, 0.3) is 11.0 Å². The Hall–Kier alpha value is -1.75. The van der Waals surface area contributed by atoms with Crippen LogP contribution in [0.4, 0.5) is 11.6 Å². The van der Waals surface area contributed by atoms with Crippen LogP contribution in [0.5, 0.6) is 0 Å². The first-order valence-electron chi connectivity index (χ1n) is 8.89. The van der Waals surface area contributed by atoms with Crippen LogP contribution in [-0.2, 0) is 0 Å². The molecule has 2 aromatic rings. The van der Waals surface area contributed by atoms with Gasteiger partial charge in [0, 0.05) is 45.0 Å². The second kappa shape index (κ2) is 6.04. The SMILES string of the molecule is CNc1nc2ccc(N3CCN(C)CC3)cc2n1C1CCCC1. The maximum absolute atomic E-state index is 4.80. The molecule has 0 unspecified atom stereocenters. The molecule has 0 atom stereocenters. The van der Waals surface area contributed by atoms with Gasteiger partial charge < -0.3 is 19.7 Å². The van der Waals surface area contributed by atoms with Crippen LogP contribution in [0.1, 0.15) is 31.7 Å². The molecule has 1 aromatic heterocycles. The molecule has 2 heterocycles. The van der Waals surface area contributed by atoms with Gasteiger partial charge in [0.15, 0.2) is 0 Å². The summed E-state index contributed by atoms with van der Waals surface area (Å²) in [6.07, 6.45) is 5.23. The highest BCUT2D eigenvalue weighted by Gasteiger charge is 2.23. The van der Waals surface area contributed by atoms with E-state index in [1.807, 2.05) is 7.05 Å². The van der Waals surface area contributed by atoms with E-state index < -0.39 is 0 Å². The van der Waals surface area contributed by atoms with Crippen LogP contribution in [0.2, 0.25) is 0 Å². The molecular weight excluding hydrogens is 286 g/mol. The number of hydrogen-bond donors (Lipinski definition) is 1. The number of hydrogen-bond acceptors (Lipinski definition) is 4. The molecule has 5 nitrogen and oxygen atoms in total. The number of imidazole rings is 1. The van der Waals surface area contributed by atoms with Gasteiger partial charge in [-0.1, -0.05) is 12.8 Å². The fraction of sp³-hybridized carbons (Fsp3) is 0.611. The molecule has 124 valence electrons. The van der Waals surface area contributed by atoms with Crippen molar-refractivity contribution in [3.8, 4) is 0 Å². The Labute approximate surface area is 138 Å². The molecule has 1 saturated carbocycles. The monoisotopic (exact) mass is 313 g/mol. The molecule has 23 heavy (non-hydrogen) atoms. The van der Waals surface area contributed by atoms with Gasteiger partial charge in [0.2, 0.25) is 5.95 Å². The van der Waals surface area contributed by atoms with Crippen LogP contribution in [0.15, 0.2) is 18.2 Å². The first kappa shape index (κ1) is 14.8. The van der Waals surface area contributed by atoms with E-state index in [0.29, 0.717) is 6.04 Å². The van der Waals surface area contributed by atoms with Crippen LogP contribution in [0.3, 0.4) is 0 Å². The number of nitrogens with zero attached hydrogens (tertiary/aromatic N) is 4. The van der Waals surface area contributed by atoms with E-state index in [1.165, 1.54) is 36.9 Å². The fourth-order valence-corrected chi connectivity index (χ4v) is 4.05. The number of anilines is 2. The average molecular weight is 313 g/mol. The third kappa shape index (κ3) is 2.67. The molecule has 1 N–H and O–H groups in total. The summed E-state index contributed by atoms with van der Waals surface area (Å²) < 4.78 is 2.45. The van der Waals surface area contributed by atoms with Gasteiger partial charge >= 0.3 is 0 Å². The number of likely N-dealkylation sites (N-methyl/N-ethyl adjacent to an activating group) is 1. The summed E-state index contributed by atoms with van der Waals surface area (Å²) in [5, 5.41) is 3.30. The van der Waals surface area contributed by atoms with E-state index in [2.05, 4.69) is 44.9 Å². The van der Waals surface area contributed by atoms with Gasteiger partial charge in [-0.3, -0.25) is 0 Å². The summed E-state index contributed by atoms with van der Waals surface area (Å²) in [6.45, 7) is 4.50. The molecule has 2 aliphatic rings. The normalized spacial score (nSPS) is 20.5. The van der Waals surface area contributed by atoms with Crippen LogP contribution in [-0.4, -0.2) is 54.7 Å². The standard InChI is InChI=1S/C18H27N5/c1-19-18-20-16-8-7-15(22-11-9-21(2)10-12-22)13-17(16)23(18)14-5-3-4-6-14/h7-8,13-14H,3-6,9-12H2,1-2H3,(H,19,20). The molecule has 0 bridgehead atoms. The first-order valence-corrected chi connectivity index (χ1v) is 8.89. The van der Waals surface area contributed by atoms with Gasteiger partial charge in [-0.2, -0.15) is 0 Å². The summed E-state index contributed by atoms with van der Waals surface area (Å²) in [7, 11) is 4.18. The Morgan fingerprint density at radius 1 is 1.09 bits per heavy atom. The maximum Gasteiger partial charge on any atom is 0.203 e. The van der Waals surface area contributed by atoms with E-state index in [0.717, 1.165) is 37.6 Å². The van der Waals surface area contributed by atoms with Crippen molar-refractivity contribution < 1.29 is 0 Å². The summed E-state index contributed by atoms with van der Waals surface area (Å²) in [6, 6.07) is 7.38. The highest BCUT2D eigenvalue weighted by atomic mass is 15.3. The molecule has 2 fully saturated rings. The zero-order chi connectivity index (χ0) is 15.8. The van der Waals surface area contributed by atoms with Crippen molar-refractivity contribution in [1.29, 1.82) is 0 Å². The molecule has 5 heteroatoms. The molecule has 0 spiro atoms. The minimum absolute atomic E-state index is 0.602. The largest absolute Gasteiger partial charge is 0.369 e. The summed E-state index contributed by atoms with van der Waals surface area (Å²) in [5.41, 5.74) is 3.74. The van der Waals surface area contributed by atoms with Crippen molar-refractivity contribution in [1.82, 2.24) is 14.5 Å². The topological polar surface area (TPSA) is 36.3 Å². The number of nitrogens with one attached hydrogen (secondary N) is 1. The lowest BCUT2D eigenvalue weighted by Gasteiger charge is -2.34. The lowest BCUT2D eigenvalue weighted by molar-refractivity contribution is 0.313. The second-order valence-electron chi connectivity index (χ2n) is 6.96. The molecule has 4 rings (SSSR count). The van der Waals surface area contributed by atoms with Crippen molar-refractivity contribution in [3.05, 3.63) is 18.2 Å². The Bertz CT molecular complexity index is 678. The number of benzene rings is 1. The molecule has 1 aromatic carbocycles. The summed E-state index contributed by atoms with van der Waals surface area (Å²) >= 11 is 0. The van der Waals surface area contributed by atoms with Crippen molar-refractivity contribution >= 4 is 22.7 Å². The zero-order valence-electron chi connectivity index (χ0n) is 14.3. The maximum atomic E-state index is 4.80. The minimum Gasteiger partial charge on any atom is -0.369 e. The Kier molecular flexibility index (Phi) is 3.89. The summed E-state index contributed by atoms with van der Waals surface area (Å²) in [5.74, 6) is 1.02. The third-order valence-electron chi connectivity index (χ3n) is 5.45. The molecule has 1 aliphatic heterocycles. The van der Waals surface area contributed by atoms with E-state index >= 15 is 0 Å². The number of piperazine rings is 1. The predicted molar refractivity (Wildman–Crippen MR) is 96.5 cm³/mol. The molecule has 0 radical (unpaired) electrons. The Morgan fingerprint density at radius 2 is 1.83 bits per heavy atom. The van der Waals surface area contributed by atoms with Crippen LogP contribution >= 0.6 is 0 Å². The van der Waals surface area contributed by atoms with Crippen LogP contribution < -0.4 is 10.2 Å². The fourth-order valence-electron chi connectivity index (χ4n) is 4.05. The number of rotatable bonds is 3. The van der Waals surface area contributed by atoms with E-state index in [-0.39, 0.29) is 0 Å². The lowest BCUT2D eigenvalue weighted by atomic mass is 10.2. The summed E-state index contributed by atoms with van der Waals surface area (Å²) in [4.78, 5) is 9.70. The van der Waals surface area contributed by atoms with E-state index in [9.17, 15) is 0 Å². The molecule has 1 saturated heterocycles. The second-order valence-corrected chi connectivity index (χ2v) is 6.96. The Balaban J connectivity index is 1.73. The number of aromatic nitrogens is 2. The first-order chi connectivity index (χ1) is 11.3. The predicted octanol–water partition coefficient (Wildman–Crippen LogP) is 2.94. The third-order valence-corrected chi connectivity index (χ3v) is 5.45.